The van der Waals surface area contributed by atoms with Crippen LogP contribution in [-0.2, 0) is 9.59 Å². The zero-order chi connectivity index (χ0) is 13.5. The van der Waals surface area contributed by atoms with Crippen molar-refractivity contribution in [3.63, 3.8) is 0 Å². The highest BCUT2D eigenvalue weighted by atomic mass is 32.2. The minimum Gasteiger partial charge on any atom is -0.352 e. The van der Waals surface area contributed by atoms with Crippen LogP contribution in [0.1, 0.15) is 20.3 Å². The molecule has 1 heterocycles. The predicted molar refractivity (Wildman–Crippen MR) is 75.0 cm³/mol. The van der Waals surface area contributed by atoms with E-state index in [1.54, 1.807) is 6.08 Å². The van der Waals surface area contributed by atoms with Gasteiger partial charge in [0.25, 0.3) is 5.91 Å². The highest BCUT2D eigenvalue weighted by molar-refractivity contribution is 8.14. The predicted octanol–water partition coefficient (Wildman–Crippen LogP) is 1.41. The number of rotatable bonds is 5. The molecule has 1 aliphatic heterocycles. The van der Waals surface area contributed by atoms with Gasteiger partial charge in [0.15, 0.2) is 5.17 Å². The Morgan fingerprint density at radius 2 is 2.28 bits per heavy atom. The molecule has 6 heteroatoms. The first-order valence-corrected chi connectivity index (χ1v) is 6.75. The summed E-state index contributed by atoms with van der Waals surface area (Å²) >= 11 is 1.17. The van der Waals surface area contributed by atoms with Crippen molar-refractivity contribution in [1.29, 1.82) is 0 Å². The van der Waals surface area contributed by atoms with E-state index in [1.807, 2.05) is 13.8 Å². The molecule has 5 nitrogen and oxygen atoms in total. The van der Waals surface area contributed by atoms with Crippen molar-refractivity contribution in [2.75, 3.05) is 12.3 Å². The quantitative estimate of drug-likeness (QED) is 0.765. The van der Waals surface area contributed by atoms with Gasteiger partial charge in [-0.15, -0.1) is 6.58 Å². The van der Waals surface area contributed by atoms with Crippen LogP contribution in [0.4, 0.5) is 0 Å². The number of nitrogens with zero attached hydrogens (tertiary/aromatic N) is 2. The van der Waals surface area contributed by atoms with E-state index < -0.39 is 0 Å². The van der Waals surface area contributed by atoms with Crippen LogP contribution in [0.25, 0.3) is 0 Å². The average Bonchev–Trinajstić information content (AvgIpc) is 2.33. The number of nitrogens with one attached hydrogen (secondary N) is 1. The molecule has 0 saturated carbocycles. The second-order valence-electron chi connectivity index (χ2n) is 3.83. The molecule has 0 aromatic rings. The lowest BCUT2D eigenvalue weighted by molar-refractivity contribution is -0.120. The summed E-state index contributed by atoms with van der Waals surface area (Å²) in [6.45, 7) is 7.69. The lowest BCUT2D eigenvalue weighted by atomic mass is 10.0. The maximum absolute atomic E-state index is 11.7. The van der Waals surface area contributed by atoms with Crippen LogP contribution in [0.15, 0.2) is 22.6 Å². The Bertz CT molecular complexity index is 416. The van der Waals surface area contributed by atoms with Crippen LogP contribution in [-0.4, -0.2) is 35.0 Å². The summed E-state index contributed by atoms with van der Waals surface area (Å²) in [5.41, 5.74) is 0.770. The van der Waals surface area contributed by atoms with Crippen LogP contribution >= 0.6 is 11.8 Å². The molecular formula is C12H17N3O2S. The van der Waals surface area contributed by atoms with Gasteiger partial charge in [0.05, 0.1) is 11.7 Å². The van der Waals surface area contributed by atoms with E-state index in [4.69, 9.17) is 0 Å². The van der Waals surface area contributed by atoms with Gasteiger partial charge in [-0.2, -0.15) is 4.99 Å². The first-order valence-electron chi connectivity index (χ1n) is 5.76. The highest BCUT2D eigenvalue weighted by Crippen LogP contribution is 2.18. The molecule has 98 valence electrons. The van der Waals surface area contributed by atoms with E-state index in [1.165, 1.54) is 11.8 Å². The SMILES string of the molecule is C=CCNC(=O)CSC1=NC(=O)C(CC)C(C)=N1. The Kier molecular flexibility index (Phi) is 5.77. The summed E-state index contributed by atoms with van der Waals surface area (Å²) in [6, 6.07) is 0. The summed E-state index contributed by atoms with van der Waals surface area (Å²) in [5, 5.41) is 3.02. The van der Waals surface area contributed by atoms with Crippen molar-refractivity contribution in [3.8, 4) is 0 Å². The summed E-state index contributed by atoms with van der Waals surface area (Å²) in [7, 11) is 0. The molecule has 0 aromatic carbocycles. The number of amidine groups is 1. The monoisotopic (exact) mass is 267 g/mol. The standard InChI is InChI=1S/C12H17N3O2S/c1-4-6-13-10(16)7-18-12-14-8(3)9(5-2)11(17)15-12/h4,9H,1,5-7H2,2-3H3,(H,13,16). The molecule has 0 aromatic heterocycles. The Balaban J connectivity index is 2.52. The summed E-state index contributed by atoms with van der Waals surface area (Å²) in [5.74, 6) is -0.295. The molecular weight excluding hydrogens is 250 g/mol. The molecule has 1 unspecified atom stereocenters. The molecule has 1 aliphatic rings. The molecule has 1 N–H and O–H groups in total. The Labute approximate surface area is 111 Å². The molecule has 0 saturated heterocycles. The number of thioether (sulfide) groups is 1. The fraction of sp³-hybridized carbons (Fsp3) is 0.500. The molecule has 0 spiro atoms. The van der Waals surface area contributed by atoms with Gasteiger partial charge in [-0.3, -0.25) is 9.59 Å². The lowest BCUT2D eigenvalue weighted by Gasteiger charge is -2.15. The summed E-state index contributed by atoms with van der Waals surface area (Å²) < 4.78 is 0. The van der Waals surface area contributed by atoms with Gasteiger partial charge < -0.3 is 5.32 Å². The van der Waals surface area contributed by atoms with Crippen molar-refractivity contribution in [1.82, 2.24) is 5.32 Å². The van der Waals surface area contributed by atoms with E-state index in [2.05, 4.69) is 21.9 Å². The van der Waals surface area contributed by atoms with E-state index in [0.29, 0.717) is 18.1 Å². The van der Waals surface area contributed by atoms with E-state index in [-0.39, 0.29) is 23.5 Å². The average molecular weight is 267 g/mol. The van der Waals surface area contributed by atoms with Crippen molar-refractivity contribution in [2.45, 2.75) is 20.3 Å². The molecule has 18 heavy (non-hydrogen) atoms. The Morgan fingerprint density at radius 3 is 2.83 bits per heavy atom. The summed E-state index contributed by atoms with van der Waals surface area (Å²) in [4.78, 5) is 31.2. The van der Waals surface area contributed by atoms with E-state index in [9.17, 15) is 9.59 Å². The second kappa shape index (κ2) is 7.10. The van der Waals surface area contributed by atoms with Crippen LogP contribution in [0.2, 0.25) is 0 Å². The van der Waals surface area contributed by atoms with E-state index in [0.717, 1.165) is 5.71 Å². The second-order valence-corrected chi connectivity index (χ2v) is 4.77. The molecule has 1 atom stereocenters. The molecule has 1 rings (SSSR count). The first kappa shape index (κ1) is 14.6. The first-order chi connectivity index (χ1) is 8.58. The van der Waals surface area contributed by atoms with E-state index >= 15 is 0 Å². The number of amides is 2. The van der Waals surface area contributed by atoms with Crippen molar-refractivity contribution >= 4 is 34.5 Å². The fourth-order valence-corrected chi connectivity index (χ4v) is 2.23. The maximum Gasteiger partial charge on any atom is 0.256 e. The highest BCUT2D eigenvalue weighted by Gasteiger charge is 2.24. The number of hydrogen-bond acceptors (Lipinski definition) is 4. The van der Waals surface area contributed by atoms with Crippen molar-refractivity contribution in [2.24, 2.45) is 15.9 Å². The molecule has 0 bridgehead atoms. The van der Waals surface area contributed by atoms with Gasteiger partial charge in [0, 0.05) is 12.3 Å². The minimum absolute atomic E-state index is 0.125. The van der Waals surface area contributed by atoms with Crippen LogP contribution < -0.4 is 5.32 Å². The number of hydrogen-bond donors (Lipinski definition) is 1. The smallest absolute Gasteiger partial charge is 0.256 e. The number of carbonyl (C=O) groups is 2. The third kappa shape index (κ3) is 4.10. The molecule has 0 aliphatic carbocycles. The third-order valence-corrected chi connectivity index (χ3v) is 3.31. The molecule has 2 amide bonds. The minimum atomic E-state index is -0.205. The normalized spacial score (nSPS) is 19.0. The maximum atomic E-state index is 11.7. The zero-order valence-corrected chi connectivity index (χ0v) is 11.4. The Morgan fingerprint density at radius 1 is 1.56 bits per heavy atom. The van der Waals surface area contributed by atoms with Gasteiger partial charge in [-0.25, -0.2) is 4.99 Å². The van der Waals surface area contributed by atoms with Gasteiger partial charge >= 0.3 is 0 Å². The topological polar surface area (TPSA) is 70.9 Å². The van der Waals surface area contributed by atoms with Gasteiger partial charge in [-0.1, -0.05) is 24.8 Å². The molecule has 0 fully saturated rings. The Hall–Kier alpha value is -1.43. The number of carbonyl (C=O) groups excluding carboxylic acids is 2. The van der Waals surface area contributed by atoms with Crippen LogP contribution in [0, 0.1) is 5.92 Å². The zero-order valence-electron chi connectivity index (χ0n) is 10.6. The largest absolute Gasteiger partial charge is 0.352 e. The lowest BCUT2D eigenvalue weighted by Crippen LogP contribution is -2.27. The van der Waals surface area contributed by atoms with Gasteiger partial charge in [0.2, 0.25) is 5.91 Å². The van der Waals surface area contributed by atoms with Crippen LogP contribution in [0.5, 0.6) is 0 Å². The third-order valence-electron chi connectivity index (χ3n) is 2.46. The number of aliphatic imine (C=N–C) groups is 2. The fourth-order valence-electron chi connectivity index (χ4n) is 1.51. The van der Waals surface area contributed by atoms with Crippen LogP contribution in [0.3, 0.4) is 0 Å². The summed E-state index contributed by atoms with van der Waals surface area (Å²) in [6.07, 6.45) is 2.31. The van der Waals surface area contributed by atoms with Gasteiger partial charge in [-0.05, 0) is 13.3 Å². The van der Waals surface area contributed by atoms with Crippen molar-refractivity contribution in [3.05, 3.63) is 12.7 Å². The molecule has 0 radical (unpaired) electrons. The van der Waals surface area contributed by atoms with Gasteiger partial charge in [0.1, 0.15) is 0 Å². The van der Waals surface area contributed by atoms with Crippen molar-refractivity contribution < 1.29 is 9.59 Å².